The molecule has 2 heterocycles. The van der Waals surface area contributed by atoms with Crippen LogP contribution in [0.15, 0.2) is 18.2 Å². The van der Waals surface area contributed by atoms with Crippen LogP contribution < -0.4 is 10.1 Å². The summed E-state index contributed by atoms with van der Waals surface area (Å²) < 4.78 is 6.62. The van der Waals surface area contributed by atoms with E-state index < -0.39 is 0 Å². The number of nitrogens with one attached hydrogen (secondary N) is 3. The molecule has 0 amide bonds. The zero-order valence-corrected chi connectivity index (χ0v) is 10.3. The molecule has 0 unspecified atom stereocenters. The Morgan fingerprint density at radius 3 is 2.71 bits per heavy atom. The fraction of sp³-hybridized carbons (Fsp3) is 0.417. The van der Waals surface area contributed by atoms with E-state index in [2.05, 4.69) is 15.3 Å². The number of imidazole rings is 1. The molecule has 2 aromatic rings. The first-order chi connectivity index (χ1) is 8.31. The molecule has 1 aromatic carbocycles. The Labute approximate surface area is 104 Å². The van der Waals surface area contributed by atoms with Gasteiger partial charge in [-0.3, -0.25) is 0 Å². The Hall–Kier alpha value is -1.33. The van der Waals surface area contributed by atoms with Gasteiger partial charge in [-0.15, -0.1) is 0 Å². The summed E-state index contributed by atoms with van der Waals surface area (Å²) in [5.41, 5.74) is 2.02. The second kappa shape index (κ2) is 4.50. The molecular weight excluding hydrogens is 234 g/mol. The smallest absolute Gasteiger partial charge is 0.175 e. The van der Waals surface area contributed by atoms with Gasteiger partial charge in [-0.1, -0.05) is 0 Å². The number of aromatic amines is 2. The van der Waals surface area contributed by atoms with Gasteiger partial charge >= 0.3 is 0 Å². The lowest BCUT2D eigenvalue weighted by molar-refractivity contribution is 0.162. The zero-order chi connectivity index (χ0) is 11.7. The van der Waals surface area contributed by atoms with Gasteiger partial charge in [0.25, 0.3) is 0 Å². The summed E-state index contributed by atoms with van der Waals surface area (Å²) >= 11 is 5.06. The van der Waals surface area contributed by atoms with E-state index in [1.54, 1.807) is 0 Å². The average molecular weight is 249 g/mol. The summed E-state index contributed by atoms with van der Waals surface area (Å²) in [4.78, 5) is 6.19. The van der Waals surface area contributed by atoms with Gasteiger partial charge in [0.1, 0.15) is 11.9 Å². The second-order valence-corrected chi connectivity index (χ2v) is 4.76. The van der Waals surface area contributed by atoms with Crippen LogP contribution in [0.1, 0.15) is 12.8 Å². The van der Waals surface area contributed by atoms with Crippen molar-refractivity contribution in [3.63, 3.8) is 0 Å². The Balaban J connectivity index is 1.82. The molecule has 1 aliphatic rings. The third-order valence-corrected chi connectivity index (χ3v) is 3.28. The lowest BCUT2D eigenvalue weighted by atomic mass is 10.1. The Bertz CT molecular complexity index is 568. The molecule has 1 fully saturated rings. The van der Waals surface area contributed by atoms with Crippen molar-refractivity contribution in [2.45, 2.75) is 18.9 Å². The van der Waals surface area contributed by atoms with Gasteiger partial charge in [0, 0.05) is 6.07 Å². The summed E-state index contributed by atoms with van der Waals surface area (Å²) in [7, 11) is 0. The number of ether oxygens (including phenoxy) is 1. The minimum Gasteiger partial charge on any atom is -0.490 e. The van der Waals surface area contributed by atoms with Gasteiger partial charge in [0.15, 0.2) is 4.77 Å². The third-order valence-electron chi connectivity index (χ3n) is 3.08. The highest BCUT2D eigenvalue weighted by Crippen LogP contribution is 2.21. The predicted octanol–water partition coefficient (Wildman–Crippen LogP) is 2.36. The van der Waals surface area contributed by atoms with Gasteiger partial charge in [-0.05, 0) is 50.3 Å². The molecule has 0 bridgehead atoms. The van der Waals surface area contributed by atoms with E-state index >= 15 is 0 Å². The van der Waals surface area contributed by atoms with Crippen LogP contribution in [0.4, 0.5) is 0 Å². The van der Waals surface area contributed by atoms with E-state index in [1.165, 1.54) is 0 Å². The van der Waals surface area contributed by atoms with E-state index in [4.69, 9.17) is 17.0 Å². The van der Waals surface area contributed by atoms with Crippen molar-refractivity contribution in [3.05, 3.63) is 23.0 Å². The molecule has 1 aromatic heterocycles. The summed E-state index contributed by atoms with van der Waals surface area (Å²) in [5.74, 6) is 0.912. The minimum atomic E-state index is 0.329. The van der Waals surface area contributed by atoms with Crippen LogP contribution in [0, 0.1) is 4.77 Å². The summed E-state index contributed by atoms with van der Waals surface area (Å²) in [6.07, 6.45) is 2.47. The molecular formula is C12H15N3OS. The molecule has 90 valence electrons. The number of piperidine rings is 1. The van der Waals surface area contributed by atoms with E-state index in [9.17, 15) is 0 Å². The van der Waals surface area contributed by atoms with Crippen LogP contribution in [-0.4, -0.2) is 29.2 Å². The molecule has 17 heavy (non-hydrogen) atoms. The van der Waals surface area contributed by atoms with E-state index in [0.29, 0.717) is 10.9 Å². The van der Waals surface area contributed by atoms with Crippen molar-refractivity contribution in [1.29, 1.82) is 0 Å². The van der Waals surface area contributed by atoms with Gasteiger partial charge < -0.3 is 20.0 Å². The van der Waals surface area contributed by atoms with Gasteiger partial charge in [0.05, 0.1) is 11.0 Å². The molecule has 4 nitrogen and oxygen atoms in total. The number of H-pyrrole nitrogens is 2. The van der Waals surface area contributed by atoms with E-state index in [1.807, 2.05) is 18.2 Å². The standard InChI is InChI=1S/C12H15N3OS/c17-12-14-10-2-1-9(7-11(10)15-12)16-8-3-5-13-6-4-8/h1-2,7-8,13H,3-6H2,(H2,14,15,17). The SMILES string of the molecule is S=c1[nH]c2ccc(OC3CCNCC3)cc2[nH]1. The summed E-state index contributed by atoms with van der Waals surface area (Å²) in [6.45, 7) is 2.08. The predicted molar refractivity (Wildman–Crippen MR) is 70.0 cm³/mol. The minimum absolute atomic E-state index is 0.329. The molecule has 0 saturated carbocycles. The van der Waals surface area contributed by atoms with Crippen LogP contribution in [-0.2, 0) is 0 Å². The first kappa shape index (κ1) is 10.8. The number of rotatable bonds is 2. The van der Waals surface area contributed by atoms with Crippen LogP contribution in [0.25, 0.3) is 11.0 Å². The van der Waals surface area contributed by atoms with Crippen molar-refractivity contribution < 1.29 is 4.74 Å². The maximum atomic E-state index is 5.96. The van der Waals surface area contributed by atoms with Crippen molar-refractivity contribution in [2.24, 2.45) is 0 Å². The Morgan fingerprint density at radius 2 is 1.88 bits per heavy atom. The number of hydrogen-bond donors (Lipinski definition) is 3. The monoisotopic (exact) mass is 249 g/mol. The topological polar surface area (TPSA) is 52.8 Å². The van der Waals surface area contributed by atoms with Gasteiger partial charge in [-0.2, -0.15) is 0 Å². The number of benzene rings is 1. The number of aromatic nitrogens is 2. The quantitative estimate of drug-likeness (QED) is 0.716. The Morgan fingerprint density at radius 1 is 1.12 bits per heavy atom. The largest absolute Gasteiger partial charge is 0.490 e. The van der Waals surface area contributed by atoms with Crippen molar-refractivity contribution in [1.82, 2.24) is 15.3 Å². The molecule has 1 saturated heterocycles. The lowest BCUT2D eigenvalue weighted by Crippen LogP contribution is -2.34. The van der Waals surface area contributed by atoms with Crippen LogP contribution in [0.2, 0.25) is 0 Å². The average Bonchev–Trinajstić information content (AvgIpc) is 2.70. The molecule has 1 aliphatic heterocycles. The van der Waals surface area contributed by atoms with Crippen LogP contribution in [0.3, 0.4) is 0 Å². The Kier molecular flexibility index (Phi) is 2.86. The molecule has 0 aliphatic carbocycles. The number of hydrogen-bond acceptors (Lipinski definition) is 3. The maximum absolute atomic E-state index is 5.96. The van der Waals surface area contributed by atoms with E-state index in [0.717, 1.165) is 42.7 Å². The fourth-order valence-corrected chi connectivity index (χ4v) is 2.41. The highest BCUT2D eigenvalue weighted by Gasteiger charge is 2.14. The van der Waals surface area contributed by atoms with Crippen molar-refractivity contribution in [3.8, 4) is 5.75 Å². The fourth-order valence-electron chi connectivity index (χ4n) is 2.19. The van der Waals surface area contributed by atoms with Gasteiger partial charge in [0.2, 0.25) is 0 Å². The second-order valence-electron chi connectivity index (χ2n) is 4.35. The summed E-state index contributed by atoms with van der Waals surface area (Å²) in [5, 5.41) is 3.33. The lowest BCUT2D eigenvalue weighted by Gasteiger charge is -2.23. The first-order valence-electron chi connectivity index (χ1n) is 5.91. The van der Waals surface area contributed by atoms with Crippen molar-refractivity contribution in [2.75, 3.05) is 13.1 Å². The van der Waals surface area contributed by atoms with Crippen LogP contribution >= 0.6 is 12.2 Å². The highest BCUT2D eigenvalue weighted by atomic mass is 32.1. The molecule has 5 heteroatoms. The molecule has 3 rings (SSSR count). The maximum Gasteiger partial charge on any atom is 0.175 e. The molecule has 0 atom stereocenters. The normalized spacial score (nSPS) is 17.4. The van der Waals surface area contributed by atoms with Crippen molar-refractivity contribution >= 4 is 23.3 Å². The van der Waals surface area contributed by atoms with E-state index in [-0.39, 0.29) is 0 Å². The highest BCUT2D eigenvalue weighted by molar-refractivity contribution is 7.71. The zero-order valence-electron chi connectivity index (χ0n) is 9.45. The third kappa shape index (κ3) is 2.35. The molecule has 3 N–H and O–H groups in total. The molecule has 0 radical (unpaired) electrons. The summed E-state index contributed by atoms with van der Waals surface area (Å²) in [6, 6.07) is 5.99. The number of fused-ring (bicyclic) bond motifs is 1. The molecule has 0 spiro atoms. The van der Waals surface area contributed by atoms with Gasteiger partial charge in [-0.25, -0.2) is 0 Å². The first-order valence-corrected chi connectivity index (χ1v) is 6.31. The van der Waals surface area contributed by atoms with Crippen LogP contribution in [0.5, 0.6) is 5.75 Å².